The van der Waals surface area contributed by atoms with Crippen molar-refractivity contribution in [2.45, 2.75) is 45.1 Å². The van der Waals surface area contributed by atoms with E-state index in [-0.39, 0.29) is 11.9 Å². The quantitative estimate of drug-likeness (QED) is 0.891. The van der Waals surface area contributed by atoms with Gasteiger partial charge >= 0.3 is 0 Å². The highest BCUT2D eigenvalue weighted by Gasteiger charge is 2.23. The molecule has 1 aromatic rings. The second-order valence-corrected chi connectivity index (χ2v) is 4.96. The summed E-state index contributed by atoms with van der Waals surface area (Å²) >= 11 is 0. The lowest BCUT2D eigenvalue weighted by molar-refractivity contribution is 0.0892. The van der Waals surface area contributed by atoms with Crippen molar-refractivity contribution < 1.29 is 9.21 Å². The Kier molecular flexibility index (Phi) is 4.03. The van der Waals surface area contributed by atoms with Crippen LogP contribution >= 0.6 is 0 Å². The summed E-state index contributed by atoms with van der Waals surface area (Å²) in [6.07, 6.45) is 4.60. The van der Waals surface area contributed by atoms with Crippen LogP contribution in [0.1, 0.15) is 48.4 Å². The molecule has 1 aliphatic carbocycles. The van der Waals surface area contributed by atoms with Crippen molar-refractivity contribution in [3.63, 3.8) is 0 Å². The number of carbonyl (C=O) groups is 1. The van der Waals surface area contributed by atoms with Gasteiger partial charge in [0.15, 0.2) is 5.76 Å². The Hall–Kier alpha value is -1.76. The Morgan fingerprint density at radius 3 is 2.72 bits per heavy atom. The molecule has 1 aliphatic rings. The Morgan fingerprint density at radius 1 is 1.44 bits per heavy atom. The number of rotatable bonds is 3. The monoisotopic (exact) mass is 246 g/mol. The number of nitriles is 1. The number of carbonyl (C=O) groups excluding carboxylic acids is 1. The molecule has 4 heteroatoms. The minimum Gasteiger partial charge on any atom is -0.456 e. The van der Waals surface area contributed by atoms with Gasteiger partial charge < -0.3 is 9.73 Å². The van der Waals surface area contributed by atoms with Crippen LogP contribution in [0.4, 0.5) is 0 Å². The molecule has 2 rings (SSSR count). The molecule has 1 aromatic heterocycles. The molecule has 0 spiro atoms. The highest BCUT2D eigenvalue weighted by molar-refractivity contribution is 5.91. The highest BCUT2D eigenvalue weighted by Crippen LogP contribution is 2.26. The van der Waals surface area contributed by atoms with Gasteiger partial charge in [0.2, 0.25) is 0 Å². The first-order chi connectivity index (χ1) is 8.69. The van der Waals surface area contributed by atoms with Crippen molar-refractivity contribution in [3.05, 3.63) is 23.7 Å². The second kappa shape index (κ2) is 5.72. The Balaban J connectivity index is 1.81. The summed E-state index contributed by atoms with van der Waals surface area (Å²) < 4.78 is 5.29. The van der Waals surface area contributed by atoms with Gasteiger partial charge in [-0.3, -0.25) is 4.79 Å². The summed E-state index contributed by atoms with van der Waals surface area (Å²) in [4.78, 5) is 11.9. The first kappa shape index (κ1) is 12.7. The van der Waals surface area contributed by atoms with Crippen molar-refractivity contribution in [3.8, 4) is 6.07 Å². The topological polar surface area (TPSA) is 66.0 Å². The molecule has 0 unspecified atom stereocenters. The molecular formula is C14H18N2O2. The van der Waals surface area contributed by atoms with E-state index in [2.05, 4.69) is 11.4 Å². The van der Waals surface area contributed by atoms with E-state index in [0.29, 0.717) is 18.1 Å². The van der Waals surface area contributed by atoms with Gasteiger partial charge in [-0.1, -0.05) is 0 Å². The average molecular weight is 246 g/mol. The number of hydrogen-bond donors (Lipinski definition) is 1. The Labute approximate surface area is 107 Å². The summed E-state index contributed by atoms with van der Waals surface area (Å²) in [7, 11) is 0. The van der Waals surface area contributed by atoms with Crippen LogP contribution in [-0.4, -0.2) is 11.9 Å². The zero-order chi connectivity index (χ0) is 13.0. The number of nitrogens with zero attached hydrogens (tertiary/aromatic N) is 1. The standard InChI is InChI=1S/C14H18N2O2/c1-10-2-7-13(18-10)14(17)16-12-5-3-11(4-6-12)8-9-15/h2,7,11-12H,3-6,8H2,1H3,(H,16,17). The fourth-order valence-electron chi connectivity index (χ4n) is 2.45. The smallest absolute Gasteiger partial charge is 0.287 e. The van der Waals surface area contributed by atoms with Crippen LogP contribution in [0.25, 0.3) is 0 Å². The summed E-state index contributed by atoms with van der Waals surface area (Å²) in [5, 5.41) is 11.6. The molecule has 96 valence electrons. The highest BCUT2D eigenvalue weighted by atomic mass is 16.3. The van der Waals surface area contributed by atoms with Gasteiger partial charge in [-0.2, -0.15) is 5.26 Å². The van der Waals surface area contributed by atoms with Gasteiger partial charge in [0.1, 0.15) is 5.76 Å². The molecule has 1 fully saturated rings. The minimum absolute atomic E-state index is 0.133. The Morgan fingerprint density at radius 2 is 2.17 bits per heavy atom. The fourth-order valence-corrected chi connectivity index (χ4v) is 2.45. The van der Waals surface area contributed by atoms with E-state index in [9.17, 15) is 4.79 Å². The van der Waals surface area contributed by atoms with Gasteiger partial charge in [0.05, 0.1) is 6.07 Å². The van der Waals surface area contributed by atoms with Crippen molar-refractivity contribution >= 4 is 5.91 Å². The molecule has 0 atom stereocenters. The number of amides is 1. The van der Waals surface area contributed by atoms with Crippen molar-refractivity contribution in [1.82, 2.24) is 5.32 Å². The third kappa shape index (κ3) is 3.13. The van der Waals surface area contributed by atoms with Crippen molar-refractivity contribution in [1.29, 1.82) is 5.26 Å². The molecular weight excluding hydrogens is 228 g/mol. The van der Waals surface area contributed by atoms with Crippen LogP contribution in [0.2, 0.25) is 0 Å². The third-order valence-electron chi connectivity index (χ3n) is 3.53. The lowest BCUT2D eigenvalue weighted by Gasteiger charge is -2.27. The molecule has 0 bridgehead atoms. The maximum absolute atomic E-state index is 11.9. The summed E-state index contributed by atoms with van der Waals surface area (Å²) in [6.45, 7) is 1.82. The minimum atomic E-state index is -0.133. The third-order valence-corrected chi connectivity index (χ3v) is 3.53. The van der Waals surface area contributed by atoms with E-state index in [1.54, 1.807) is 12.1 Å². The maximum Gasteiger partial charge on any atom is 0.287 e. The first-order valence-corrected chi connectivity index (χ1v) is 6.43. The number of hydrogen-bond acceptors (Lipinski definition) is 3. The summed E-state index contributed by atoms with van der Waals surface area (Å²) in [6, 6.07) is 5.93. The van der Waals surface area contributed by atoms with Crippen LogP contribution in [0.15, 0.2) is 16.5 Å². The van der Waals surface area contributed by atoms with Gasteiger partial charge in [0.25, 0.3) is 5.91 Å². The number of furan rings is 1. The average Bonchev–Trinajstić information content (AvgIpc) is 2.79. The van der Waals surface area contributed by atoms with Crippen LogP contribution in [0.5, 0.6) is 0 Å². The molecule has 1 heterocycles. The largest absolute Gasteiger partial charge is 0.456 e. The summed E-state index contributed by atoms with van der Waals surface area (Å²) in [5.41, 5.74) is 0. The SMILES string of the molecule is Cc1ccc(C(=O)NC2CCC(CC#N)CC2)o1. The van der Waals surface area contributed by atoms with E-state index < -0.39 is 0 Å². The van der Waals surface area contributed by atoms with Gasteiger partial charge in [-0.25, -0.2) is 0 Å². The van der Waals surface area contributed by atoms with Gasteiger partial charge in [-0.05, 0) is 50.7 Å². The fraction of sp³-hybridized carbons (Fsp3) is 0.571. The van der Waals surface area contributed by atoms with Crippen LogP contribution in [0.3, 0.4) is 0 Å². The Bertz CT molecular complexity index is 451. The predicted octanol–water partition coefficient (Wildman–Crippen LogP) is 2.79. The zero-order valence-corrected chi connectivity index (χ0v) is 10.6. The molecule has 0 saturated heterocycles. The number of nitrogens with one attached hydrogen (secondary N) is 1. The lowest BCUT2D eigenvalue weighted by Crippen LogP contribution is -2.37. The normalized spacial score (nSPS) is 23.3. The van der Waals surface area contributed by atoms with E-state index in [4.69, 9.17) is 9.68 Å². The molecule has 18 heavy (non-hydrogen) atoms. The van der Waals surface area contributed by atoms with E-state index in [1.165, 1.54) is 0 Å². The van der Waals surface area contributed by atoms with Crippen molar-refractivity contribution in [2.75, 3.05) is 0 Å². The second-order valence-electron chi connectivity index (χ2n) is 4.96. The molecule has 0 aliphatic heterocycles. The van der Waals surface area contributed by atoms with Crippen LogP contribution in [-0.2, 0) is 0 Å². The number of aryl methyl sites for hydroxylation is 1. The molecule has 4 nitrogen and oxygen atoms in total. The first-order valence-electron chi connectivity index (χ1n) is 6.43. The van der Waals surface area contributed by atoms with Crippen LogP contribution in [0, 0.1) is 24.2 Å². The van der Waals surface area contributed by atoms with Crippen molar-refractivity contribution in [2.24, 2.45) is 5.92 Å². The lowest BCUT2D eigenvalue weighted by atomic mass is 9.84. The molecule has 1 saturated carbocycles. The van der Waals surface area contributed by atoms with E-state index in [0.717, 1.165) is 31.4 Å². The molecule has 1 amide bonds. The van der Waals surface area contributed by atoms with E-state index >= 15 is 0 Å². The molecule has 0 aromatic carbocycles. The van der Waals surface area contributed by atoms with Gasteiger partial charge in [0, 0.05) is 12.5 Å². The molecule has 0 radical (unpaired) electrons. The molecule has 1 N–H and O–H groups in total. The summed E-state index contributed by atoms with van der Waals surface area (Å²) in [5.74, 6) is 1.50. The van der Waals surface area contributed by atoms with Crippen LogP contribution < -0.4 is 5.32 Å². The van der Waals surface area contributed by atoms with Gasteiger partial charge in [-0.15, -0.1) is 0 Å². The zero-order valence-electron chi connectivity index (χ0n) is 10.6. The predicted molar refractivity (Wildman–Crippen MR) is 66.9 cm³/mol. The maximum atomic E-state index is 11.9. The van der Waals surface area contributed by atoms with E-state index in [1.807, 2.05) is 6.92 Å².